The topological polar surface area (TPSA) is 94.3 Å². The molecule has 6 nitrogen and oxygen atoms in total. The minimum atomic E-state index is -4.00. The standard InChI is InChI=1S/C12H11BrFN3O3S/c1-20-11-8(14)5-7(6-9(11)15)21(18,19)17-10-3-2-4-16-12(10)13/h2-6,17H,15H2,1H3. The van der Waals surface area contributed by atoms with Crippen molar-refractivity contribution in [2.75, 3.05) is 17.6 Å². The van der Waals surface area contributed by atoms with Gasteiger partial charge in [0.2, 0.25) is 0 Å². The van der Waals surface area contributed by atoms with Gasteiger partial charge in [-0.1, -0.05) is 0 Å². The molecule has 0 saturated heterocycles. The molecular formula is C12H11BrFN3O3S. The van der Waals surface area contributed by atoms with Crippen LogP contribution in [-0.4, -0.2) is 20.5 Å². The molecule has 2 aromatic rings. The number of methoxy groups -OCH3 is 1. The van der Waals surface area contributed by atoms with E-state index in [0.29, 0.717) is 4.60 Å². The lowest BCUT2D eigenvalue weighted by Crippen LogP contribution is -2.14. The van der Waals surface area contributed by atoms with Crippen LogP contribution >= 0.6 is 15.9 Å². The van der Waals surface area contributed by atoms with Gasteiger partial charge < -0.3 is 10.5 Å². The van der Waals surface area contributed by atoms with E-state index in [-0.39, 0.29) is 22.0 Å². The summed E-state index contributed by atoms with van der Waals surface area (Å²) < 4.78 is 45.6. The highest BCUT2D eigenvalue weighted by molar-refractivity contribution is 9.10. The van der Waals surface area contributed by atoms with Gasteiger partial charge in [-0.3, -0.25) is 4.72 Å². The van der Waals surface area contributed by atoms with Gasteiger partial charge in [-0.2, -0.15) is 0 Å². The molecule has 0 bridgehead atoms. The van der Waals surface area contributed by atoms with E-state index in [1.165, 1.54) is 19.4 Å². The summed E-state index contributed by atoms with van der Waals surface area (Å²) in [6.45, 7) is 0. The fourth-order valence-corrected chi connectivity index (χ4v) is 3.22. The van der Waals surface area contributed by atoms with Gasteiger partial charge in [-0.15, -0.1) is 0 Å². The number of nitrogens with zero attached hydrogens (tertiary/aromatic N) is 1. The lowest BCUT2D eigenvalue weighted by Gasteiger charge is -2.11. The monoisotopic (exact) mass is 375 g/mol. The predicted molar refractivity (Wildman–Crippen MR) is 80.1 cm³/mol. The number of sulfonamides is 1. The van der Waals surface area contributed by atoms with E-state index in [9.17, 15) is 12.8 Å². The third-order valence-electron chi connectivity index (χ3n) is 2.56. The fraction of sp³-hybridized carbons (Fsp3) is 0.0833. The van der Waals surface area contributed by atoms with E-state index in [4.69, 9.17) is 10.5 Å². The van der Waals surface area contributed by atoms with Crippen molar-refractivity contribution in [1.82, 2.24) is 4.98 Å². The SMILES string of the molecule is COc1c(N)cc(S(=O)(=O)Nc2cccnc2Br)cc1F. The zero-order chi connectivity index (χ0) is 15.6. The summed E-state index contributed by atoms with van der Waals surface area (Å²) in [6, 6.07) is 5.03. The Morgan fingerprint density at radius 3 is 2.71 bits per heavy atom. The number of hydrogen-bond donors (Lipinski definition) is 2. The summed E-state index contributed by atoms with van der Waals surface area (Å²) in [5.41, 5.74) is 5.69. The van der Waals surface area contributed by atoms with Crippen molar-refractivity contribution in [1.29, 1.82) is 0 Å². The van der Waals surface area contributed by atoms with Crippen LogP contribution in [0.4, 0.5) is 15.8 Å². The minimum absolute atomic E-state index is 0.108. The van der Waals surface area contributed by atoms with Gasteiger partial charge >= 0.3 is 0 Å². The van der Waals surface area contributed by atoms with E-state index >= 15 is 0 Å². The lowest BCUT2D eigenvalue weighted by molar-refractivity contribution is 0.388. The Kier molecular flexibility index (Phi) is 4.33. The van der Waals surface area contributed by atoms with Crippen molar-refractivity contribution in [2.45, 2.75) is 4.90 Å². The molecule has 1 heterocycles. The first-order valence-electron chi connectivity index (χ1n) is 5.61. The fourth-order valence-electron chi connectivity index (χ4n) is 1.63. The first kappa shape index (κ1) is 15.5. The van der Waals surface area contributed by atoms with E-state index in [2.05, 4.69) is 25.6 Å². The number of nitrogens with two attached hydrogens (primary N) is 1. The van der Waals surface area contributed by atoms with Crippen molar-refractivity contribution in [3.8, 4) is 5.75 Å². The number of nitrogen functional groups attached to an aromatic ring is 1. The van der Waals surface area contributed by atoms with Crippen LogP contribution in [0.3, 0.4) is 0 Å². The second kappa shape index (κ2) is 5.86. The van der Waals surface area contributed by atoms with Gasteiger partial charge in [-0.05, 0) is 40.2 Å². The number of ether oxygens (including phenoxy) is 1. The van der Waals surface area contributed by atoms with Gasteiger partial charge in [0.15, 0.2) is 11.6 Å². The molecular weight excluding hydrogens is 365 g/mol. The zero-order valence-corrected chi connectivity index (χ0v) is 13.2. The summed E-state index contributed by atoms with van der Waals surface area (Å²) in [5, 5.41) is 0. The second-order valence-electron chi connectivity index (χ2n) is 3.97. The van der Waals surface area contributed by atoms with Gasteiger partial charge in [-0.25, -0.2) is 17.8 Å². The molecule has 0 radical (unpaired) electrons. The number of hydrogen-bond acceptors (Lipinski definition) is 5. The number of pyridine rings is 1. The van der Waals surface area contributed by atoms with Crippen LogP contribution in [0.15, 0.2) is 40.0 Å². The molecule has 3 N–H and O–H groups in total. The average molecular weight is 376 g/mol. The van der Waals surface area contributed by atoms with Crippen molar-refractivity contribution < 1.29 is 17.5 Å². The molecule has 1 aromatic carbocycles. The van der Waals surface area contributed by atoms with Crippen LogP contribution in [0.2, 0.25) is 0 Å². The number of benzene rings is 1. The van der Waals surface area contributed by atoms with E-state index in [1.54, 1.807) is 6.07 Å². The molecule has 0 saturated carbocycles. The van der Waals surface area contributed by atoms with Crippen molar-refractivity contribution in [2.24, 2.45) is 0 Å². The Bertz CT molecular complexity index is 760. The molecule has 0 aliphatic carbocycles. The Labute approximate surface area is 129 Å². The highest BCUT2D eigenvalue weighted by Gasteiger charge is 2.20. The maximum atomic E-state index is 13.7. The van der Waals surface area contributed by atoms with Crippen LogP contribution in [0.5, 0.6) is 5.75 Å². The molecule has 0 aliphatic heterocycles. The number of rotatable bonds is 4. The summed E-state index contributed by atoms with van der Waals surface area (Å²) in [6.07, 6.45) is 1.49. The number of halogens is 2. The van der Waals surface area contributed by atoms with E-state index in [1.807, 2.05) is 0 Å². The summed E-state index contributed by atoms with van der Waals surface area (Å²) in [4.78, 5) is 3.58. The maximum absolute atomic E-state index is 13.7. The molecule has 2 rings (SSSR count). The van der Waals surface area contributed by atoms with Gasteiger partial charge in [0.25, 0.3) is 10.0 Å². The predicted octanol–water partition coefficient (Wildman–Crippen LogP) is 2.37. The number of anilines is 2. The first-order valence-corrected chi connectivity index (χ1v) is 7.89. The van der Waals surface area contributed by atoms with Crippen molar-refractivity contribution >= 4 is 37.3 Å². The second-order valence-corrected chi connectivity index (χ2v) is 6.41. The summed E-state index contributed by atoms with van der Waals surface area (Å²) in [7, 11) is -2.76. The van der Waals surface area contributed by atoms with Crippen molar-refractivity contribution in [3.05, 3.63) is 40.9 Å². The largest absolute Gasteiger partial charge is 0.492 e. The van der Waals surface area contributed by atoms with Crippen LogP contribution in [0.25, 0.3) is 0 Å². The molecule has 9 heteroatoms. The Balaban J connectivity index is 2.43. The zero-order valence-electron chi connectivity index (χ0n) is 10.8. The Morgan fingerprint density at radius 2 is 2.14 bits per heavy atom. The van der Waals surface area contributed by atoms with Crippen LogP contribution < -0.4 is 15.2 Å². The van der Waals surface area contributed by atoms with Crippen LogP contribution in [0.1, 0.15) is 0 Å². The normalized spacial score (nSPS) is 11.2. The first-order chi connectivity index (χ1) is 9.85. The summed E-state index contributed by atoms with van der Waals surface area (Å²) >= 11 is 3.12. The molecule has 1 aromatic heterocycles. The third kappa shape index (κ3) is 3.24. The maximum Gasteiger partial charge on any atom is 0.262 e. The van der Waals surface area contributed by atoms with Gasteiger partial charge in [0.1, 0.15) is 4.60 Å². The average Bonchev–Trinajstić information content (AvgIpc) is 2.41. The molecule has 0 spiro atoms. The molecule has 0 unspecified atom stereocenters. The Hall–Kier alpha value is -1.87. The highest BCUT2D eigenvalue weighted by atomic mass is 79.9. The molecule has 0 atom stereocenters. The van der Waals surface area contributed by atoms with Gasteiger partial charge in [0, 0.05) is 6.20 Å². The summed E-state index contributed by atoms with van der Waals surface area (Å²) in [5.74, 6) is -1.06. The quantitative estimate of drug-likeness (QED) is 0.631. The van der Waals surface area contributed by atoms with Gasteiger partial charge in [0.05, 0.1) is 23.4 Å². The third-order valence-corrected chi connectivity index (χ3v) is 4.54. The smallest absolute Gasteiger partial charge is 0.262 e. The van der Waals surface area contributed by atoms with Crippen LogP contribution in [0, 0.1) is 5.82 Å². The van der Waals surface area contributed by atoms with E-state index in [0.717, 1.165) is 12.1 Å². The molecule has 0 amide bonds. The number of nitrogens with one attached hydrogen (secondary N) is 1. The highest BCUT2D eigenvalue weighted by Crippen LogP contribution is 2.30. The van der Waals surface area contributed by atoms with Crippen LogP contribution in [-0.2, 0) is 10.0 Å². The molecule has 21 heavy (non-hydrogen) atoms. The lowest BCUT2D eigenvalue weighted by atomic mass is 10.3. The van der Waals surface area contributed by atoms with Crippen molar-refractivity contribution in [3.63, 3.8) is 0 Å². The molecule has 112 valence electrons. The van der Waals surface area contributed by atoms with E-state index < -0.39 is 15.8 Å². The molecule has 0 aliphatic rings. The number of aromatic nitrogens is 1. The molecule has 0 fully saturated rings. The minimum Gasteiger partial charge on any atom is -0.492 e. The Morgan fingerprint density at radius 1 is 1.43 bits per heavy atom.